The molecule has 7 heteroatoms. The van der Waals surface area contributed by atoms with Crippen molar-refractivity contribution >= 4 is 23.2 Å². The van der Waals surface area contributed by atoms with Gasteiger partial charge in [0.05, 0.1) is 24.1 Å². The number of nitrogens with one attached hydrogen (secondary N) is 1. The number of anilines is 2. The average Bonchev–Trinajstić information content (AvgIpc) is 3.22. The molecular weight excluding hydrogens is 318 g/mol. The highest BCUT2D eigenvalue weighted by Crippen LogP contribution is 2.33. The predicted octanol–water partition coefficient (Wildman–Crippen LogP) is 1.54. The van der Waals surface area contributed by atoms with Gasteiger partial charge in [-0.3, -0.25) is 24.1 Å². The fraction of sp³-hybridized carbons (Fsp3) is 0.389. The molecule has 1 saturated heterocycles. The van der Waals surface area contributed by atoms with Gasteiger partial charge < -0.3 is 5.32 Å². The molecule has 1 fully saturated rings. The Hall–Kier alpha value is -2.67. The van der Waals surface area contributed by atoms with Crippen LogP contribution in [0.3, 0.4) is 0 Å². The van der Waals surface area contributed by atoms with Crippen LogP contribution in [-0.4, -0.2) is 46.1 Å². The first-order chi connectivity index (χ1) is 12.1. The van der Waals surface area contributed by atoms with Crippen LogP contribution >= 0.6 is 0 Å². The van der Waals surface area contributed by atoms with E-state index in [4.69, 9.17) is 0 Å². The molecule has 0 radical (unpaired) electrons. The number of aryl methyl sites for hydroxylation is 1. The summed E-state index contributed by atoms with van der Waals surface area (Å²) in [5, 5.41) is 7.06. The van der Waals surface area contributed by atoms with E-state index in [0.29, 0.717) is 12.2 Å². The second-order valence-corrected chi connectivity index (χ2v) is 6.62. The number of amides is 2. The number of likely N-dealkylation sites (tertiary alicyclic amines) is 1. The fourth-order valence-corrected chi connectivity index (χ4v) is 3.72. The molecule has 2 amide bonds. The first-order valence-electron chi connectivity index (χ1n) is 8.53. The third kappa shape index (κ3) is 3.02. The van der Waals surface area contributed by atoms with Crippen molar-refractivity contribution in [2.24, 2.45) is 7.05 Å². The normalized spacial score (nSPS) is 20.4. The van der Waals surface area contributed by atoms with Crippen LogP contribution < -0.4 is 10.2 Å². The molecule has 0 bridgehead atoms. The molecule has 0 aliphatic carbocycles. The molecular formula is C18H21N5O2. The average molecular weight is 339 g/mol. The molecule has 7 nitrogen and oxygen atoms in total. The number of hydrogen-bond acceptors (Lipinski definition) is 4. The summed E-state index contributed by atoms with van der Waals surface area (Å²) in [6.45, 7) is 1.26. The number of rotatable bonds is 3. The van der Waals surface area contributed by atoms with Gasteiger partial charge in [0.25, 0.3) is 0 Å². The molecule has 0 spiro atoms. The van der Waals surface area contributed by atoms with Crippen molar-refractivity contribution in [1.29, 1.82) is 0 Å². The molecule has 3 heterocycles. The van der Waals surface area contributed by atoms with Gasteiger partial charge in [0.15, 0.2) is 0 Å². The second kappa shape index (κ2) is 6.33. The van der Waals surface area contributed by atoms with Crippen molar-refractivity contribution in [2.45, 2.75) is 18.9 Å². The lowest BCUT2D eigenvalue weighted by Crippen LogP contribution is -2.46. The van der Waals surface area contributed by atoms with Gasteiger partial charge in [-0.15, -0.1) is 0 Å². The van der Waals surface area contributed by atoms with Crippen LogP contribution in [-0.2, 0) is 16.6 Å². The Balaban J connectivity index is 1.53. The van der Waals surface area contributed by atoms with Gasteiger partial charge >= 0.3 is 0 Å². The third-order valence-electron chi connectivity index (χ3n) is 4.88. The minimum atomic E-state index is -0.155. The lowest BCUT2D eigenvalue weighted by molar-refractivity contribution is -0.122. The van der Waals surface area contributed by atoms with Crippen molar-refractivity contribution in [1.82, 2.24) is 14.7 Å². The lowest BCUT2D eigenvalue weighted by Gasteiger charge is -2.31. The SMILES string of the molecule is Cn1cc([C@H]2CCCN2CC(=O)N2CC(=O)Nc3ccccc32)cn1. The zero-order chi connectivity index (χ0) is 17.4. The highest BCUT2D eigenvalue weighted by atomic mass is 16.2. The molecule has 1 N–H and O–H groups in total. The van der Waals surface area contributed by atoms with E-state index in [1.54, 1.807) is 9.58 Å². The van der Waals surface area contributed by atoms with Crippen molar-refractivity contribution in [3.05, 3.63) is 42.2 Å². The molecule has 4 rings (SSSR count). The Morgan fingerprint density at radius 1 is 1.36 bits per heavy atom. The summed E-state index contributed by atoms with van der Waals surface area (Å²) in [6, 6.07) is 7.64. The summed E-state index contributed by atoms with van der Waals surface area (Å²) >= 11 is 0. The van der Waals surface area contributed by atoms with Crippen LogP contribution in [0.4, 0.5) is 11.4 Å². The molecule has 2 aromatic rings. The van der Waals surface area contributed by atoms with E-state index in [0.717, 1.165) is 30.6 Å². The summed E-state index contributed by atoms with van der Waals surface area (Å²) in [5.41, 5.74) is 2.60. The predicted molar refractivity (Wildman–Crippen MR) is 94.2 cm³/mol. The van der Waals surface area contributed by atoms with E-state index < -0.39 is 0 Å². The van der Waals surface area contributed by atoms with Crippen molar-refractivity contribution < 1.29 is 9.59 Å². The van der Waals surface area contributed by atoms with Gasteiger partial charge in [-0.2, -0.15) is 5.10 Å². The Morgan fingerprint density at radius 3 is 3.00 bits per heavy atom. The Kier molecular flexibility index (Phi) is 4.01. The standard InChI is InChI=1S/C18H21N5O2/c1-21-10-13(9-19-21)15-7-4-8-22(15)12-18(25)23-11-17(24)20-14-5-2-3-6-16(14)23/h2-3,5-6,9-10,15H,4,7-8,11-12H2,1H3,(H,20,24)/t15-/m1/s1. The van der Waals surface area contributed by atoms with Gasteiger partial charge in [-0.1, -0.05) is 12.1 Å². The monoisotopic (exact) mass is 339 g/mol. The highest BCUT2D eigenvalue weighted by molar-refractivity contribution is 6.10. The Labute approximate surface area is 146 Å². The number of fused-ring (bicyclic) bond motifs is 1. The maximum Gasteiger partial charge on any atom is 0.244 e. The van der Waals surface area contributed by atoms with E-state index in [2.05, 4.69) is 15.3 Å². The fourth-order valence-electron chi connectivity index (χ4n) is 3.72. The quantitative estimate of drug-likeness (QED) is 0.921. The summed E-state index contributed by atoms with van der Waals surface area (Å²) in [4.78, 5) is 28.6. The molecule has 25 heavy (non-hydrogen) atoms. The van der Waals surface area contributed by atoms with Crippen molar-refractivity contribution in [3.8, 4) is 0 Å². The number of aromatic nitrogens is 2. The Bertz CT molecular complexity index is 815. The molecule has 0 saturated carbocycles. The first kappa shape index (κ1) is 15.8. The molecule has 1 atom stereocenters. The zero-order valence-electron chi connectivity index (χ0n) is 14.2. The van der Waals surface area contributed by atoms with E-state index in [1.807, 2.05) is 43.7 Å². The Morgan fingerprint density at radius 2 is 2.20 bits per heavy atom. The summed E-state index contributed by atoms with van der Waals surface area (Å²) < 4.78 is 1.79. The number of carbonyl (C=O) groups is 2. The highest BCUT2D eigenvalue weighted by Gasteiger charge is 2.32. The lowest BCUT2D eigenvalue weighted by atomic mass is 10.1. The number of carbonyl (C=O) groups excluding carboxylic acids is 2. The number of para-hydroxylation sites is 2. The van der Waals surface area contributed by atoms with E-state index in [1.165, 1.54) is 0 Å². The van der Waals surface area contributed by atoms with Gasteiger partial charge in [-0.25, -0.2) is 0 Å². The van der Waals surface area contributed by atoms with Crippen LogP contribution in [0.5, 0.6) is 0 Å². The van der Waals surface area contributed by atoms with E-state index >= 15 is 0 Å². The third-order valence-corrected chi connectivity index (χ3v) is 4.88. The summed E-state index contributed by atoms with van der Waals surface area (Å²) in [7, 11) is 1.90. The van der Waals surface area contributed by atoms with Crippen LogP contribution in [0.1, 0.15) is 24.4 Å². The number of benzene rings is 1. The number of nitrogens with zero attached hydrogens (tertiary/aromatic N) is 4. The first-order valence-corrected chi connectivity index (χ1v) is 8.53. The van der Waals surface area contributed by atoms with Gasteiger partial charge in [0.1, 0.15) is 6.54 Å². The summed E-state index contributed by atoms with van der Waals surface area (Å²) in [6.07, 6.45) is 5.97. The van der Waals surface area contributed by atoms with Gasteiger partial charge in [0.2, 0.25) is 11.8 Å². The maximum atomic E-state index is 12.9. The van der Waals surface area contributed by atoms with Crippen LogP contribution in [0.15, 0.2) is 36.7 Å². The maximum absolute atomic E-state index is 12.9. The van der Waals surface area contributed by atoms with E-state index in [9.17, 15) is 9.59 Å². The van der Waals surface area contributed by atoms with Crippen LogP contribution in [0.2, 0.25) is 0 Å². The van der Waals surface area contributed by atoms with Gasteiger partial charge in [0, 0.05) is 24.8 Å². The summed E-state index contributed by atoms with van der Waals surface area (Å²) in [5.74, 6) is -0.199. The minimum Gasteiger partial charge on any atom is -0.323 e. The zero-order valence-corrected chi connectivity index (χ0v) is 14.2. The van der Waals surface area contributed by atoms with Gasteiger partial charge in [-0.05, 0) is 31.5 Å². The molecule has 1 aromatic carbocycles. The molecule has 130 valence electrons. The van der Waals surface area contributed by atoms with Crippen molar-refractivity contribution in [3.63, 3.8) is 0 Å². The molecule has 1 aromatic heterocycles. The van der Waals surface area contributed by atoms with Crippen LogP contribution in [0, 0.1) is 0 Å². The largest absolute Gasteiger partial charge is 0.323 e. The molecule has 0 unspecified atom stereocenters. The smallest absolute Gasteiger partial charge is 0.244 e. The second-order valence-electron chi connectivity index (χ2n) is 6.62. The molecule has 2 aliphatic rings. The van der Waals surface area contributed by atoms with Crippen LogP contribution in [0.25, 0.3) is 0 Å². The molecule has 2 aliphatic heterocycles. The van der Waals surface area contributed by atoms with E-state index in [-0.39, 0.29) is 24.4 Å². The number of hydrogen-bond donors (Lipinski definition) is 1. The topological polar surface area (TPSA) is 70.5 Å². The minimum absolute atomic E-state index is 0.0434. The van der Waals surface area contributed by atoms with Crippen molar-refractivity contribution in [2.75, 3.05) is 29.9 Å².